The van der Waals surface area contributed by atoms with E-state index in [9.17, 15) is 21.6 Å². The zero-order valence-corrected chi connectivity index (χ0v) is 10.8. The van der Waals surface area contributed by atoms with Gasteiger partial charge in [-0.05, 0) is 6.92 Å². The first-order valence-corrected chi connectivity index (χ1v) is 6.23. The predicted octanol–water partition coefficient (Wildman–Crippen LogP) is 0.494. The van der Waals surface area contributed by atoms with Crippen LogP contribution in [0.4, 0.5) is 19.0 Å². The average Bonchev–Trinajstić information content (AvgIpc) is 2.38. The van der Waals surface area contributed by atoms with Crippen molar-refractivity contribution < 1.29 is 21.6 Å². The van der Waals surface area contributed by atoms with Crippen LogP contribution in [0.5, 0.6) is 0 Å². The van der Waals surface area contributed by atoms with Gasteiger partial charge in [0.15, 0.2) is 5.82 Å². The second-order valence-corrected chi connectivity index (χ2v) is 5.78. The summed E-state index contributed by atoms with van der Waals surface area (Å²) in [5.74, 6) is -0.316. The SMILES string of the molecule is Cc1c(S(=O)(=O)N(C)CC(F)(F)F)c(N)nn1C. The molecule has 0 aliphatic carbocycles. The number of nitrogens with zero attached hydrogens (tertiary/aromatic N) is 3. The lowest BCUT2D eigenvalue weighted by Crippen LogP contribution is -2.36. The van der Waals surface area contributed by atoms with Gasteiger partial charge in [0.25, 0.3) is 0 Å². The van der Waals surface area contributed by atoms with Crippen molar-refractivity contribution in [1.29, 1.82) is 0 Å². The Kier molecular flexibility index (Phi) is 3.63. The van der Waals surface area contributed by atoms with Crippen LogP contribution in [-0.2, 0) is 17.1 Å². The van der Waals surface area contributed by atoms with Gasteiger partial charge in [-0.2, -0.15) is 22.6 Å². The van der Waals surface area contributed by atoms with Crippen LogP contribution in [0.1, 0.15) is 5.69 Å². The Morgan fingerprint density at radius 2 is 1.94 bits per heavy atom. The zero-order chi connectivity index (χ0) is 14.3. The minimum Gasteiger partial charge on any atom is -0.381 e. The minimum absolute atomic E-state index is 0.182. The van der Waals surface area contributed by atoms with Gasteiger partial charge in [-0.15, -0.1) is 0 Å². The molecule has 104 valence electrons. The number of sulfonamides is 1. The van der Waals surface area contributed by atoms with E-state index >= 15 is 0 Å². The summed E-state index contributed by atoms with van der Waals surface area (Å²) in [6.45, 7) is -0.166. The highest BCUT2D eigenvalue weighted by Gasteiger charge is 2.37. The van der Waals surface area contributed by atoms with E-state index < -0.39 is 27.6 Å². The molecule has 6 nitrogen and oxygen atoms in total. The number of aryl methyl sites for hydroxylation is 1. The highest BCUT2D eigenvalue weighted by Crippen LogP contribution is 2.26. The third-order valence-corrected chi connectivity index (χ3v) is 4.34. The van der Waals surface area contributed by atoms with Crippen molar-refractivity contribution >= 4 is 15.8 Å². The molecule has 0 aliphatic rings. The Bertz CT molecular complexity index is 549. The van der Waals surface area contributed by atoms with Gasteiger partial charge in [0.05, 0.1) is 5.69 Å². The molecular formula is C8H13F3N4O2S. The summed E-state index contributed by atoms with van der Waals surface area (Å²) in [4.78, 5) is -0.392. The normalized spacial score (nSPS) is 13.3. The molecule has 10 heteroatoms. The van der Waals surface area contributed by atoms with Crippen LogP contribution in [0.15, 0.2) is 4.90 Å². The monoisotopic (exact) mass is 286 g/mol. The maximum Gasteiger partial charge on any atom is 0.402 e. The smallest absolute Gasteiger partial charge is 0.381 e. The summed E-state index contributed by atoms with van der Waals surface area (Å²) >= 11 is 0. The van der Waals surface area contributed by atoms with E-state index in [0.717, 1.165) is 7.05 Å². The van der Waals surface area contributed by atoms with Gasteiger partial charge in [-0.25, -0.2) is 8.42 Å². The van der Waals surface area contributed by atoms with E-state index in [0.29, 0.717) is 0 Å². The van der Waals surface area contributed by atoms with E-state index in [1.54, 1.807) is 0 Å². The number of anilines is 1. The van der Waals surface area contributed by atoms with Gasteiger partial charge >= 0.3 is 6.18 Å². The average molecular weight is 286 g/mol. The lowest BCUT2D eigenvalue weighted by Gasteiger charge is -2.18. The van der Waals surface area contributed by atoms with Crippen LogP contribution in [0.2, 0.25) is 0 Å². The van der Waals surface area contributed by atoms with Gasteiger partial charge < -0.3 is 5.73 Å². The standard InChI is InChI=1S/C8H13F3N4O2S/c1-5-6(7(12)13-15(5)3)18(16,17)14(2)4-8(9,10)11/h4H2,1-3H3,(H2,12,13). The number of rotatable bonds is 3. The molecule has 1 rings (SSSR count). The Morgan fingerprint density at radius 3 is 2.28 bits per heavy atom. The molecule has 18 heavy (non-hydrogen) atoms. The van der Waals surface area contributed by atoms with Crippen LogP contribution in [0, 0.1) is 6.92 Å². The van der Waals surface area contributed by atoms with E-state index in [1.807, 2.05) is 0 Å². The second kappa shape index (κ2) is 4.43. The highest BCUT2D eigenvalue weighted by atomic mass is 32.2. The molecule has 0 spiro atoms. The predicted molar refractivity (Wildman–Crippen MR) is 58.2 cm³/mol. The number of alkyl halides is 3. The van der Waals surface area contributed by atoms with Crippen LogP contribution in [0.3, 0.4) is 0 Å². The maximum atomic E-state index is 12.2. The van der Waals surface area contributed by atoms with Crippen molar-refractivity contribution in [2.75, 3.05) is 19.3 Å². The molecule has 0 aliphatic heterocycles. The molecule has 1 aromatic heterocycles. The molecule has 1 heterocycles. The zero-order valence-electron chi connectivity index (χ0n) is 9.98. The Labute approximate surface area is 102 Å². The summed E-state index contributed by atoms with van der Waals surface area (Å²) < 4.78 is 61.9. The van der Waals surface area contributed by atoms with Crippen molar-refractivity contribution in [2.24, 2.45) is 7.05 Å². The number of aromatic nitrogens is 2. The third-order valence-electron chi connectivity index (χ3n) is 2.37. The molecule has 0 aromatic carbocycles. The van der Waals surface area contributed by atoms with Crippen molar-refractivity contribution in [2.45, 2.75) is 18.0 Å². The third kappa shape index (κ3) is 2.75. The summed E-state index contributed by atoms with van der Waals surface area (Å²) in [6.07, 6.45) is -4.62. The summed E-state index contributed by atoms with van der Waals surface area (Å²) in [6, 6.07) is 0. The molecule has 0 saturated heterocycles. The van der Waals surface area contributed by atoms with Crippen molar-refractivity contribution in [3.63, 3.8) is 0 Å². The largest absolute Gasteiger partial charge is 0.402 e. The topological polar surface area (TPSA) is 81.2 Å². The highest BCUT2D eigenvalue weighted by molar-refractivity contribution is 7.89. The number of nitrogen functional groups attached to an aromatic ring is 1. The first-order chi connectivity index (χ1) is 7.97. The molecule has 0 saturated carbocycles. The first kappa shape index (κ1) is 14.8. The Balaban J connectivity index is 3.22. The number of halogens is 3. The Morgan fingerprint density at radius 1 is 1.44 bits per heavy atom. The van der Waals surface area contributed by atoms with E-state index in [2.05, 4.69) is 5.10 Å². The van der Waals surface area contributed by atoms with Gasteiger partial charge in [0.1, 0.15) is 11.4 Å². The van der Waals surface area contributed by atoms with Crippen LogP contribution in [0.25, 0.3) is 0 Å². The molecular weight excluding hydrogens is 273 g/mol. The number of hydrogen-bond acceptors (Lipinski definition) is 4. The molecule has 0 unspecified atom stereocenters. The fourth-order valence-corrected chi connectivity index (χ4v) is 2.86. The van der Waals surface area contributed by atoms with Crippen LogP contribution >= 0.6 is 0 Å². The van der Waals surface area contributed by atoms with Crippen LogP contribution < -0.4 is 5.73 Å². The first-order valence-electron chi connectivity index (χ1n) is 4.79. The lowest BCUT2D eigenvalue weighted by molar-refractivity contribution is -0.134. The molecule has 0 radical (unpaired) electrons. The Hall–Kier alpha value is -1.29. The van der Waals surface area contributed by atoms with Gasteiger partial charge in [-0.3, -0.25) is 4.68 Å². The fourth-order valence-electron chi connectivity index (χ4n) is 1.43. The summed E-state index contributed by atoms with van der Waals surface area (Å²) in [5, 5.41) is 3.66. The quantitative estimate of drug-likeness (QED) is 0.877. The van der Waals surface area contributed by atoms with E-state index in [4.69, 9.17) is 5.73 Å². The number of nitrogens with two attached hydrogens (primary N) is 1. The second-order valence-electron chi connectivity index (χ2n) is 3.80. The van der Waals surface area contributed by atoms with Crippen molar-refractivity contribution in [1.82, 2.24) is 14.1 Å². The molecule has 0 atom stereocenters. The molecule has 1 aromatic rings. The van der Waals surface area contributed by atoms with E-state index in [1.165, 1.54) is 18.7 Å². The number of hydrogen-bond donors (Lipinski definition) is 1. The van der Waals surface area contributed by atoms with Crippen molar-refractivity contribution in [3.8, 4) is 0 Å². The maximum absolute atomic E-state index is 12.2. The van der Waals surface area contributed by atoms with Crippen molar-refractivity contribution in [3.05, 3.63) is 5.69 Å². The summed E-state index contributed by atoms with van der Waals surface area (Å²) in [7, 11) is -2.01. The molecule has 0 amide bonds. The summed E-state index contributed by atoms with van der Waals surface area (Å²) in [5.41, 5.74) is 5.59. The van der Waals surface area contributed by atoms with Gasteiger partial charge in [-0.1, -0.05) is 0 Å². The van der Waals surface area contributed by atoms with Crippen LogP contribution in [-0.4, -0.2) is 42.3 Å². The molecule has 2 N–H and O–H groups in total. The van der Waals surface area contributed by atoms with Gasteiger partial charge in [0, 0.05) is 14.1 Å². The minimum atomic E-state index is -4.62. The molecule has 0 bridgehead atoms. The molecule has 0 fully saturated rings. The van der Waals surface area contributed by atoms with E-state index in [-0.39, 0.29) is 15.8 Å². The fraction of sp³-hybridized carbons (Fsp3) is 0.625. The lowest BCUT2D eigenvalue weighted by atomic mass is 10.5. The van der Waals surface area contributed by atoms with Gasteiger partial charge in [0.2, 0.25) is 10.0 Å².